The summed E-state index contributed by atoms with van der Waals surface area (Å²) < 4.78 is 0.456. The number of carbonyl (C=O) groups excluding carboxylic acids is 2. The Morgan fingerprint density at radius 3 is 2.63 bits per heavy atom. The lowest BCUT2D eigenvalue weighted by Crippen LogP contribution is -2.20. The highest BCUT2D eigenvalue weighted by Gasteiger charge is 2.14. The molecule has 0 atom stereocenters. The van der Waals surface area contributed by atoms with Crippen LogP contribution in [0.25, 0.3) is 0 Å². The number of carbonyl (C=O) groups is 2. The summed E-state index contributed by atoms with van der Waals surface area (Å²) in [5.41, 5.74) is 5.67. The molecule has 0 aliphatic rings. The second kappa shape index (κ2) is 5.57. The Morgan fingerprint density at radius 2 is 2.00 bits per heavy atom. The average Bonchev–Trinajstić information content (AvgIpc) is 2.41. The topological polar surface area (TPSA) is 98.0 Å². The number of nitrogens with one attached hydrogen (secondary N) is 1. The quantitative estimate of drug-likeness (QED) is 0.839. The smallest absolute Gasteiger partial charge is 0.274 e. The van der Waals surface area contributed by atoms with Crippen molar-refractivity contribution < 1.29 is 9.59 Å². The molecule has 2 heterocycles. The van der Waals surface area contributed by atoms with Gasteiger partial charge in [0.25, 0.3) is 11.8 Å². The van der Waals surface area contributed by atoms with Gasteiger partial charge in [-0.3, -0.25) is 14.6 Å². The predicted molar refractivity (Wildman–Crippen MR) is 72.6 cm³/mol. The Hall–Kier alpha value is -2.28. The van der Waals surface area contributed by atoms with Crippen LogP contribution in [0.2, 0.25) is 0 Å². The molecule has 0 saturated heterocycles. The first-order valence-electron chi connectivity index (χ1n) is 5.26. The largest absolute Gasteiger partial charge is 0.364 e. The monoisotopic (exact) mass is 320 g/mol. The van der Waals surface area contributed by atoms with Crippen molar-refractivity contribution in [3.63, 3.8) is 0 Å². The van der Waals surface area contributed by atoms with Crippen molar-refractivity contribution in [1.29, 1.82) is 0 Å². The Balaban J connectivity index is 2.29. The number of hydrogen-bond acceptors (Lipinski definition) is 4. The van der Waals surface area contributed by atoms with E-state index in [2.05, 4.69) is 31.2 Å². The van der Waals surface area contributed by atoms with E-state index in [1.165, 1.54) is 12.3 Å². The number of amides is 2. The Labute approximate surface area is 117 Å². The summed E-state index contributed by atoms with van der Waals surface area (Å²) in [6, 6.07) is 8.09. The third-order valence-electron chi connectivity index (χ3n) is 2.24. The fourth-order valence-corrected chi connectivity index (χ4v) is 1.72. The molecule has 2 rings (SSSR count). The van der Waals surface area contributed by atoms with Gasteiger partial charge < -0.3 is 11.1 Å². The molecule has 0 bridgehead atoms. The number of hydrogen-bond donors (Lipinski definition) is 2. The van der Waals surface area contributed by atoms with Gasteiger partial charge in [-0.2, -0.15) is 0 Å². The van der Waals surface area contributed by atoms with Gasteiger partial charge in [-0.1, -0.05) is 6.07 Å². The second-order valence-corrected chi connectivity index (χ2v) is 4.38. The fourth-order valence-electron chi connectivity index (χ4n) is 1.41. The van der Waals surface area contributed by atoms with Crippen molar-refractivity contribution >= 4 is 33.4 Å². The molecule has 0 aliphatic heterocycles. The van der Waals surface area contributed by atoms with E-state index in [0.29, 0.717) is 4.60 Å². The number of aromatic nitrogens is 2. The summed E-state index contributed by atoms with van der Waals surface area (Å²) in [5, 5.41) is 2.55. The van der Waals surface area contributed by atoms with Crippen LogP contribution in [0.3, 0.4) is 0 Å². The Kier molecular flexibility index (Phi) is 3.86. The molecule has 0 saturated carbocycles. The van der Waals surface area contributed by atoms with Crippen molar-refractivity contribution in [3.05, 3.63) is 52.5 Å². The van der Waals surface area contributed by atoms with Crippen molar-refractivity contribution in [1.82, 2.24) is 9.97 Å². The molecule has 3 N–H and O–H groups in total. The number of primary amides is 1. The van der Waals surface area contributed by atoms with Crippen molar-refractivity contribution in [2.75, 3.05) is 5.32 Å². The molecule has 0 spiro atoms. The summed E-state index contributed by atoms with van der Waals surface area (Å²) in [7, 11) is 0. The summed E-state index contributed by atoms with van der Waals surface area (Å²) in [6.07, 6.45) is 1.50. The van der Waals surface area contributed by atoms with E-state index < -0.39 is 11.8 Å². The van der Waals surface area contributed by atoms with Gasteiger partial charge in [0, 0.05) is 6.20 Å². The molecule has 2 aromatic heterocycles. The number of anilines is 1. The van der Waals surface area contributed by atoms with Gasteiger partial charge in [0.2, 0.25) is 0 Å². The molecule has 2 aromatic rings. The van der Waals surface area contributed by atoms with Crippen LogP contribution in [0.4, 0.5) is 5.69 Å². The van der Waals surface area contributed by atoms with Crippen molar-refractivity contribution in [2.45, 2.75) is 0 Å². The molecule has 2 amide bonds. The van der Waals surface area contributed by atoms with Gasteiger partial charge in [-0.05, 0) is 40.2 Å². The maximum Gasteiger partial charge on any atom is 0.274 e. The second-order valence-electron chi connectivity index (χ2n) is 3.56. The molecule has 7 heteroatoms. The minimum absolute atomic E-state index is 0.0151. The van der Waals surface area contributed by atoms with Crippen molar-refractivity contribution in [3.8, 4) is 0 Å². The lowest BCUT2D eigenvalue weighted by atomic mass is 10.2. The van der Waals surface area contributed by atoms with Gasteiger partial charge in [0.05, 0.1) is 5.69 Å². The SMILES string of the molecule is NC(=O)c1nc(Br)ccc1NC(=O)c1ccccn1. The average molecular weight is 321 g/mol. The standard InChI is InChI=1S/C12H9BrN4O2/c13-9-5-4-7(10(17-9)11(14)18)16-12(19)8-3-1-2-6-15-8/h1-6H,(H2,14,18)(H,16,19). The van der Waals surface area contributed by atoms with E-state index in [4.69, 9.17) is 5.73 Å². The van der Waals surface area contributed by atoms with E-state index >= 15 is 0 Å². The summed E-state index contributed by atoms with van der Waals surface area (Å²) in [4.78, 5) is 31.0. The molecule has 0 aromatic carbocycles. The highest BCUT2D eigenvalue weighted by molar-refractivity contribution is 9.10. The minimum Gasteiger partial charge on any atom is -0.364 e. The first-order valence-corrected chi connectivity index (χ1v) is 6.06. The zero-order valence-corrected chi connectivity index (χ0v) is 11.2. The van der Waals surface area contributed by atoms with Gasteiger partial charge >= 0.3 is 0 Å². The van der Waals surface area contributed by atoms with Crippen LogP contribution in [0.5, 0.6) is 0 Å². The van der Waals surface area contributed by atoms with E-state index in [1.54, 1.807) is 24.3 Å². The first-order chi connectivity index (χ1) is 9.08. The zero-order chi connectivity index (χ0) is 13.8. The molecular formula is C12H9BrN4O2. The number of halogens is 1. The van der Waals surface area contributed by atoms with E-state index in [-0.39, 0.29) is 17.1 Å². The molecule has 96 valence electrons. The number of pyridine rings is 2. The third kappa shape index (κ3) is 3.14. The molecule has 0 fully saturated rings. The van der Waals surface area contributed by atoms with Gasteiger partial charge in [0.1, 0.15) is 10.3 Å². The van der Waals surface area contributed by atoms with Crippen molar-refractivity contribution in [2.24, 2.45) is 5.73 Å². The molecule has 0 aliphatic carbocycles. The highest BCUT2D eigenvalue weighted by Crippen LogP contribution is 2.17. The molecule has 6 nitrogen and oxygen atoms in total. The minimum atomic E-state index is -0.724. The number of nitrogens with two attached hydrogens (primary N) is 1. The van der Waals surface area contributed by atoms with E-state index in [9.17, 15) is 9.59 Å². The Bertz CT molecular complexity index is 631. The molecule has 0 unspecified atom stereocenters. The highest BCUT2D eigenvalue weighted by atomic mass is 79.9. The maximum absolute atomic E-state index is 11.9. The first kappa shape index (κ1) is 13.2. The van der Waals surface area contributed by atoms with Crippen LogP contribution in [0, 0.1) is 0 Å². The van der Waals surface area contributed by atoms with Crippen LogP contribution >= 0.6 is 15.9 Å². The van der Waals surface area contributed by atoms with E-state index in [0.717, 1.165) is 0 Å². The lowest BCUT2D eigenvalue weighted by Gasteiger charge is -2.08. The van der Waals surface area contributed by atoms with E-state index in [1.807, 2.05) is 0 Å². The normalized spacial score (nSPS) is 9.95. The summed E-state index contributed by atoms with van der Waals surface area (Å²) >= 11 is 3.13. The number of nitrogens with zero attached hydrogens (tertiary/aromatic N) is 2. The van der Waals surface area contributed by atoms with Gasteiger partial charge in [0.15, 0.2) is 5.69 Å². The van der Waals surface area contributed by atoms with Gasteiger partial charge in [-0.15, -0.1) is 0 Å². The predicted octanol–water partition coefficient (Wildman–Crippen LogP) is 1.59. The summed E-state index contributed by atoms with van der Waals surface area (Å²) in [5.74, 6) is -1.16. The van der Waals surface area contributed by atoms with Gasteiger partial charge in [-0.25, -0.2) is 4.98 Å². The molecular weight excluding hydrogens is 312 g/mol. The maximum atomic E-state index is 11.9. The van der Waals surface area contributed by atoms with Crippen LogP contribution in [0.15, 0.2) is 41.1 Å². The fraction of sp³-hybridized carbons (Fsp3) is 0. The summed E-state index contributed by atoms with van der Waals surface area (Å²) in [6.45, 7) is 0. The van der Waals surface area contributed by atoms with Crippen LogP contribution in [-0.2, 0) is 0 Å². The molecule has 0 radical (unpaired) electrons. The zero-order valence-electron chi connectivity index (χ0n) is 9.63. The third-order valence-corrected chi connectivity index (χ3v) is 2.68. The number of rotatable bonds is 3. The van der Waals surface area contributed by atoms with Crippen LogP contribution < -0.4 is 11.1 Å². The van der Waals surface area contributed by atoms with Crippen LogP contribution in [-0.4, -0.2) is 21.8 Å². The lowest BCUT2D eigenvalue weighted by molar-refractivity contribution is 0.0996. The van der Waals surface area contributed by atoms with Crippen LogP contribution in [0.1, 0.15) is 21.0 Å². The molecule has 19 heavy (non-hydrogen) atoms. The Morgan fingerprint density at radius 1 is 1.21 bits per heavy atom.